The van der Waals surface area contributed by atoms with Gasteiger partial charge in [0.1, 0.15) is 0 Å². The normalized spacial score (nSPS) is 24.8. The molecule has 19 heavy (non-hydrogen) atoms. The highest BCUT2D eigenvalue weighted by atomic mass is 16.5. The molecule has 1 fully saturated rings. The monoisotopic (exact) mass is 260 g/mol. The fourth-order valence-electron chi connectivity index (χ4n) is 2.40. The van der Waals surface area contributed by atoms with Crippen LogP contribution in [0.3, 0.4) is 0 Å². The number of hydrogen-bond donors (Lipinski definition) is 0. The average Bonchev–Trinajstić information content (AvgIpc) is 2.65. The van der Waals surface area contributed by atoms with Crippen LogP contribution in [0.4, 0.5) is 0 Å². The lowest BCUT2D eigenvalue weighted by molar-refractivity contribution is 0.0258. The van der Waals surface area contributed by atoms with Gasteiger partial charge in [-0.1, -0.05) is 43.7 Å². The molecule has 1 aliphatic heterocycles. The second-order valence-electron chi connectivity index (χ2n) is 5.80. The molecule has 0 aliphatic carbocycles. The smallest absolute Gasteiger partial charge is 0.0949 e. The lowest BCUT2D eigenvalue weighted by Gasteiger charge is -2.26. The summed E-state index contributed by atoms with van der Waals surface area (Å²) < 4.78 is 11.5. The molecule has 0 aromatic heterocycles. The van der Waals surface area contributed by atoms with Crippen molar-refractivity contribution in [3.05, 3.63) is 42.2 Å². The molecule has 2 rings (SSSR count). The summed E-state index contributed by atoms with van der Waals surface area (Å²) in [5.41, 5.74) is 2.53. The largest absolute Gasteiger partial charge is 0.500 e. The van der Waals surface area contributed by atoms with Gasteiger partial charge in [0.05, 0.1) is 19.5 Å². The summed E-state index contributed by atoms with van der Waals surface area (Å²) in [7, 11) is 0. The van der Waals surface area contributed by atoms with Gasteiger partial charge >= 0.3 is 0 Å². The molecule has 0 spiro atoms. The summed E-state index contributed by atoms with van der Waals surface area (Å²) in [6.45, 7) is 6.78. The van der Waals surface area contributed by atoms with Gasteiger partial charge in [0.2, 0.25) is 0 Å². The molecule has 1 heterocycles. The van der Waals surface area contributed by atoms with Gasteiger partial charge in [-0.3, -0.25) is 0 Å². The fraction of sp³-hybridized carbons (Fsp3) is 0.529. The maximum absolute atomic E-state index is 5.81. The first-order valence-electron chi connectivity index (χ1n) is 7.11. The van der Waals surface area contributed by atoms with Crippen molar-refractivity contribution in [1.29, 1.82) is 0 Å². The SMILES string of the molecule is C/C(=C/OCC1(C)CCCCOC1)c1ccccc1. The summed E-state index contributed by atoms with van der Waals surface area (Å²) >= 11 is 0. The first-order chi connectivity index (χ1) is 9.20. The van der Waals surface area contributed by atoms with Crippen LogP contribution in [0.2, 0.25) is 0 Å². The van der Waals surface area contributed by atoms with Crippen LogP contribution in [-0.2, 0) is 9.47 Å². The molecular formula is C17H24O2. The summed E-state index contributed by atoms with van der Waals surface area (Å²) in [4.78, 5) is 0. The Balaban J connectivity index is 1.88. The molecule has 2 nitrogen and oxygen atoms in total. The predicted octanol–water partition coefficient (Wildman–Crippen LogP) is 4.27. The Labute approximate surface area is 116 Å². The van der Waals surface area contributed by atoms with Gasteiger partial charge in [-0.05, 0) is 30.9 Å². The van der Waals surface area contributed by atoms with Crippen molar-refractivity contribution < 1.29 is 9.47 Å². The zero-order valence-corrected chi connectivity index (χ0v) is 12.0. The minimum Gasteiger partial charge on any atom is -0.500 e. The highest BCUT2D eigenvalue weighted by Crippen LogP contribution is 2.28. The molecule has 1 saturated heterocycles. The zero-order chi connectivity index (χ0) is 13.6. The third-order valence-electron chi connectivity index (χ3n) is 3.69. The molecule has 2 heteroatoms. The van der Waals surface area contributed by atoms with Crippen molar-refractivity contribution in [2.24, 2.45) is 5.41 Å². The van der Waals surface area contributed by atoms with Crippen molar-refractivity contribution in [2.75, 3.05) is 19.8 Å². The zero-order valence-electron chi connectivity index (χ0n) is 12.0. The Kier molecular flexibility index (Phi) is 5.03. The topological polar surface area (TPSA) is 18.5 Å². The van der Waals surface area contributed by atoms with Crippen LogP contribution in [0.5, 0.6) is 0 Å². The van der Waals surface area contributed by atoms with Gasteiger partial charge in [-0.25, -0.2) is 0 Å². The van der Waals surface area contributed by atoms with E-state index in [0.29, 0.717) is 0 Å². The summed E-state index contributed by atoms with van der Waals surface area (Å²) in [5, 5.41) is 0. The first kappa shape index (κ1) is 14.1. The quantitative estimate of drug-likeness (QED) is 0.753. The maximum atomic E-state index is 5.81. The van der Waals surface area contributed by atoms with Crippen LogP contribution in [0.25, 0.3) is 5.57 Å². The van der Waals surface area contributed by atoms with Gasteiger partial charge in [0.15, 0.2) is 0 Å². The molecule has 0 bridgehead atoms. The fourth-order valence-corrected chi connectivity index (χ4v) is 2.40. The molecule has 1 aromatic rings. The van der Waals surface area contributed by atoms with E-state index < -0.39 is 0 Å². The summed E-state index contributed by atoms with van der Waals surface area (Å²) in [6, 6.07) is 10.3. The highest BCUT2D eigenvalue weighted by Gasteiger charge is 2.26. The van der Waals surface area contributed by atoms with Crippen LogP contribution in [0, 0.1) is 5.41 Å². The number of ether oxygens (including phenoxy) is 2. The highest BCUT2D eigenvalue weighted by molar-refractivity contribution is 5.62. The van der Waals surface area contributed by atoms with E-state index in [9.17, 15) is 0 Å². The van der Waals surface area contributed by atoms with E-state index in [-0.39, 0.29) is 5.41 Å². The Morgan fingerprint density at radius 2 is 2.11 bits per heavy atom. The van der Waals surface area contributed by atoms with Gasteiger partial charge in [-0.2, -0.15) is 0 Å². The predicted molar refractivity (Wildman–Crippen MR) is 78.8 cm³/mol. The first-order valence-corrected chi connectivity index (χ1v) is 7.11. The molecule has 0 amide bonds. The third kappa shape index (κ3) is 4.39. The molecule has 1 aliphatic rings. The second-order valence-corrected chi connectivity index (χ2v) is 5.80. The van der Waals surface area contributed by atoms with E-state index in [4.69, 9.17) is 9.47 Å². The molecule has 1 aromatic carbocycles. The molecule has 104 valence electrons. The van der Waals surface area contributed by atoms with E-state index in [1.807, 2.05) is 24.5 Å². The van der Waals surface area contributed by atoms with Crippen molar-refractivity contribution in [3.8, 4) is 0 Å². The standard InChI is InChI=1S/C17H24O2/c1-15(16-8-4-3-5-9-16)12-19-14-17(2)10-6-7-11-18-13-17/h3-5,8-9,12H,6-7,10-11,13-14H2,1-2H3/b15-12-. The van der Waals surface area contributed by atoms with E-state index in [0.717, 1.165) is 19.8 Å². The summed E-state index contributed by atoms with van der Waals surface area (Å²) in [5.74, 6) is 0. The Bertz CT molecular complexity index is 401. The number of hydrogen-bond acceptors (Lipinski definition) is 2. The van der Waals surface area contributed by atoms with Gasteiger partial charge < -0.3 is 9.47 Å². The Hall–Kier alpha value is -1.28. The number of allylic oxidation sites excluding steroid dienone is 1. The minimum absolute atomic E-state index is 0.157. The van der Waals surface area contributed by atoms with Gasteiger partial charge in [0.25, 0.3) is 0 Å². The average molecular weight is 260 g/mol. The molecule has 1 unspecified atom stereocenters. The minimum atomic E-state index is 0.157. The molecule has 1 atom stereocenters. The lowest BCUT2D eigenvalue weighted by atomic mass is 9.87. The van der Waals surface area contributed by atoms with E-state index >= 15 is 0 Å². The molecule has 0 N–H and O–H groups in total. The van der Waals surface area contributed by atoms with Crippen molar-refractivity contribution in [1.82, 2.24) is 0 Å². The van der Waals surface area contributed by atoms with Crippen LogP contribution in [0.1, 0.15) is 38.7 Å². The Morgan fingerprint density at radius 3 is 2.89 bits per heavy atom. The van der Waals surface area contributed by atoms with E-state index in [1.54, 1.807) is 0 Å². The maximum Gasteiger partial charge on any atom is 0.0949 e. The second kappa shape index (κ2) is 6.76. The molecule has 0 radical (unpaired) electrons. The van der Waals surface area contributed by atoms with Crippen LogP contribution >= 0.6 is 0 Å². The number of rotatable bonds is 4. The molecule has 0 saturated carbocycles. The van der Waals surface area contributed by atoms with E-state index in [2.05, 4.69) is 26.0 Å². The van der Waals surface area contributed by atoms with Crippen LogP contribution < -0.4 is 0 Å². The van der Waals surface area contributed by atoms with Gasteiger partial charge in [-0.15, -0.1) is 0 Å². The number of benzene rings is 1. The summed E-state index contributed by atoms with van der Waals surface area (Å²) in [6.07, 6.45) is 5.48. The van der Waals surface area contributed by atoms with Crippen molar-refractivity contribution in [2.45, 2.75) is 33.1 Å². The Morgan fingerprint density at radius 1 is 1.32 bits per heavy atom. The van der Waals surface area contributed by atoms with Crippen molar-refractivity contribution in [3.63, 3.8) is 0 Å². The van der Waals surface area contributed by atoms with Crippen molar-refractivity contribution >= 4 is 5.57 Å². The van der Waals surface area contributed by atoms with Crippen LogP contribution in [-0.4, -0.2) is 19.8 Å². The molecular weight excluding hydrogens is 236 g/mol. The third-order valence-corrected chi connectivity index (χ3v) is 3.69. The van der Waals surface area contributed by atoms with Crippen LogP contribution in [0.15, 0.2) is 36.6 Å². The van der Waals surface area contributed by atoms with E-state index in [1.165, 1.54) is 30.4 Å². The van der Waals surface area contributed by atoms with Gasteiger partial charge in [0, 0.05) is 12.0 Å². The lowest BCUT2D eigenvalue weighted by Crippen LogP contribution is -2.27.